The molecular weight excluding hydrogens is 320 g/mol. The summed E-state index contributed by atoms with van der Waals surface area (Å²) in [6.45, 7) is 0.777. The number of aromatic nitrogens is 1. The van der Waals surface area contributed by atoms with Gasteiger partial charge in [0.15, 0.2) is 0 Å². The van der Waals surface area contributed by atoms with Crippen molar-refractivity contribution < 1.29 is 9.84 Å². The maximum atomic E-state index is 10.0. The summed E-state index contributed by atoms with van der Waals surface area (Å²) in [4.78, 5) is 6.19. The highest BCUT2D eigenvalue weighted by molar-refractivity contribution is 7.11. The molecule has 2 atom stereocenters. The topological polar surface area (TPSA) is 54.4 Å². The van der Waals surface area contributed by atoms with E-state index in [1.54, 1.807) is 0 Å². The zero-order valence-electron chi connectivity index (χ0n) is 13.8. The number of fused-ring (bicyclic) bond motifs is 1. The second kappa shape index (κ2) is 7.11. The lowest BCUT2D eigenvalue weighted by atomic mass is 9.95. The molecule has 1 saturated carbocycles. The molecule has 0 bridgehead atoms. The summed E-state index contributed by atoms with van der Waals surface area (Å²) in [7, 11) is 0. The van der Waals surface area contributed by atoms with Gasteiger partial charge in [-0.15, -0.1) is 11.3 Å². The highest BCUT2D eigenvalue weighted by Gasteiger charge is 2.24. The molecule has 2 N–H and O–H groups in total. The molecule has 0 aliphatic heterocycles. The minimum absolute atomic E-state index is 0.0599. The standard InChI is InChI=1S/C19H24N2O2S/c22-16-5-1-2-6-17(16)23-14-10-8-13(9-11-14)20-12-19-21-15-4-3-7-18(15)24-19/h8-11,16-17,20,22H,1-7,12H2. The van der Waals surface area contributed by atoms with Crippen molar-refractivity contribution in [1.29, 1.82) is 0 Å². The summed E-state index contributed by atoms with van der Waals surface area (Å²) in [6.07, 6.45) is 7.25. The van der Waals surface area contributed by atoms with Gasteiger partial charge in [0.05, 0.1) is 18.3 Å². The van der Waals surface area contributed by atoms with Crippen LogP contribution in [0.1, 0.15) is 47.7 Å². The average molecular weight is 344 g/mol. The lowest BCUT2D eigenvalue weighted by Gasteiger charge is -2.28. The number of aliphatic hydroxyl groups is 1. The van der Waals surface area contributed by atoms with E-state index < -0.39 is 0 Å². The van der Waals surface area contributed by atoms with Gasteiger partial charge in [-0.05, 0) is 62.8 Å². The fraction of sp³-hybridized carbons (Fsp3) is 0.526. The van der Waals surface area contributed by atoms with E-state index in [9.17, 15) is 5.11 Å². The molecule has 0 radical (unpaired) electrons. The lowest BCUT2D eigenvalue weighted by molar-refractivity contribution is 0.00688. The van der Waals surface area contributed by atoms with Gasteiger partial charge in [-0.3, -0.25) is 0 Å². The molecule has 0 spiro atoms. The van der Waals surface area contributed by atoms with Gasteiger partial charge in [-0.1, -0.05) is 6.42 Å². The molecule has 4 rings (SSSR count). The van der Waals surface area contributed by atoms with Gasteiger partial charge in [-0.25, -0.2) is 4.98 Å². The third kappa shape index (κ3) is 3.57. The van der Waals surface area contributed by atoms with Crippen LogP contribution in [0.3, 0.4) is 0 Å². The number of nitrogens with zero attached hydrogens (tertiary/aromatic N) is 1. The summed E-state index contributed by atoms with van der Waals surface area (Å²) in [5, 5.41) is 14.6. The SMILES string of the molecule is OC1CCCCC1Oc1ccc(NCc2nc3c(s2)CCC3)cc1. The largest absolute Gasteiger partial charge is 0.488 e. The minimum Gasteiger partial charge on any atom is -0.488 e. The van der Waals surface area contributed by atoms with Crippen molar-refractivity contribution in [2.24, 2.45) is 0 Å². The Kier molecular flexibility index (Phi) is 4.72. The Morgan fingerprint density at radius 3 is 2.75 bits per heavy atom. The summed E-state index contributed by atoms with van der Waals surface area (Å²) in [6, 6.07) is 8.02. The predicted octanol–water partition coefficient (Wildman–Crippen LogP) is 3.93. The zero-order chi connectivity index (χ0) is 16.4. The van der Waals surface area contributed by atoms with Gasteiger partial charge >= 0.3 is 0 Å². The Labute approximate surface area is 146 Å². The normalized spacial score (nSPS) is 23.0. The van der Waals surface area contributed by atoms with Crippen molar-refractivity contribution >= 4 is 17.0 Å². The van der Waals surface area contributed by atoms with E-state index >= 15 is 0 Å². The molecule has 0 saturated heterocycles. The molecule has 5 heteroatoms. The van der Waals surface area contributed by atoms with Crippen molar-refractivity contribution in [2.75, 3.05) is 5.32 Å². The van der Waals surface area contributed by atoms with Crippen LogP contribution in [0, 0.1) is 0 Å². The number of hydrogen-bond acceptors (Lipinski definition) is 5. The number of rotatable bonds is 5. The Balaban J connectivity index is 1.31. The van der Waals surface area contributed by atoms with E-state index in [0.29, 0.717) is 0 Å². The van der Waals surface area contributed by atoms with Crippen LogP contribution in [0.25, 0.3) is 0 Å². The van der Waals surface area contributed by atoms with Gasteiger partial charge in [0.2, 0.25) is 0 Å². The molecular formula is C19H24N2O2S. The third-order valence-corrected chi connectivity index (χ3v) is 6.05. The number of thiazole rings is 1. The van der Waals surface area contributed by atoms with Crippen LogP contribution < -0.4 is 10.1 Å². The van der Waals surface area contributed by atoms with Crippen LogP contribution in [0.4, 0.5) is 5.69 Å². The summed E-state index contributed by atoms with van der Waals surface area (Å²) >= 11 is 1.84. The molecule has 4 nitrogen and oxygen atoms in total. The molecule has 128 valence electrons. The van der Waals surface area contributed by atoms with Crippen molar-refractivity contribution in [3.05, 3.63) is 39.8 Å². The molecule has 1 fully saturated rings. The Morgan fingerprint density at radius 2 is 1.96 bits per heavy atom. The van der Waals surface area contributed by atoms with Crippen LogP contribution in [-0.2, 0) is 19.4 Å². The van der Waals surface area contributed by atoms with Gasteiger partial charge in [0.1, 0.15) is 16.9 Å². The molecule has 2 aliphatic rings. The van der Waals surface area contributed by atoms with E-state index in [0.717, 1.165) is 50.1 Å². The smallest absolute Gasteiger partial charge is 0.124 e. The number of hydrogen-bond donors (Lipinski definition) is 2. The second-order valence-electron chi connectivity index (χ2n) is 6.72. The molecule has 2 aliphatic carbocycles. The van der Waals surface area contributed by atoms with Crippen molar-refractivity contribution in [3.63, 3.8) is 0 Å². The van der Waals surface area contributed by atoms with E-state index in [4.69, 9.17) is 9.72 Å². The van der Waals surface area contributed by atoms with Crippen LogP contribution in [0.15, 0.2) is 24.3 Å². The summed E-state index contributed by atoms with van der Waals surface area (Å²) in [5.74, 6) is 0.833. The highest BCUT2D eigenvalue weighted by Crippen LogP contribution is 2.28. The number of ether oxygens (including phenoxy) is 1. The first kappa shape index (κ1) is 15.9. The first-order chi connectivity index (χ1) is 11.8. The molecule has 2 aromatic rings. The van der Waals surface area contributed by atoms with E-state index in [1.807, 2.05) is 35.6 Å². The Morgan fingerprint density at radius 1 is 1.12 bits per heavy atom. The lowest BCUT2D eigenvalue weighted by Crippen LogP contribution is -2.34. The monoisotopic (exact) mass is 344 g/mol. The van der Waals surface area contributed by atoms with Gasteiger partial charge in [-0.2, -0.15) is 0 Å². The quantitative estimate of drug-likeness (QED) is 0.863. The van der Waals surface area contributed by atoms with Crippen molar-refractivity contribution in [1.82, 2.24) is 4.98 Å². The van der Waals surface area contributed by atoms with Crippen LogP contribution in [-0.4, -0.2) is 22.3 Å². The fourth-order valence-corrected chi connectivity index (χ4v) is 4.63. The fourth-order valence-electron chi connectivity index (χ4n) is 3.54. The number of aliphatic hydroxyl groups excluding tert-OH is 1. The summed E-state index contributed by atoms with van der Waals surface area (Å²) in [5.41, 5.74) is 2.38. The first-order valence-corrected chi connectivity index (χ1v) is 9.76. The van der Waals surface area contributed by atoms with E-state index in [-0.39, 0.29) is 12.2 Å². The molecule has 0 amide bonds. The van der Waals surface area contributed by atoms with Gasteiger partial charge in [0.25, 0.3) is 0 Å². The Bertz CT molecular complexity index is 662. The van der Waals surface area contributed by atoms with Crippen LogP contribution in [0.5, 0.6) is 5.75 Å². The maximum Gasteiger partial charge on any atom is 0.124 e. The number of nitrogens with one attached hydrogen (secondary N) is 1. The van der Waals surface area contributed by atoms with Gasteiger partial charge in [0, 0.05) is 10.6 Å². The molecule has 2 unspecified atom stereocenters. The maximum absolute atomic E-state index is 10.0. The number of anilines is 1. The third-order valence-electron chi connectivity index (χ3n) is 4.89. The first-order valence-electron chi connectivity index (χ1n) is 8.94. The van der Waals surface area contributed by atoms with Crippen LogP contribution in [0.2, 0.25) is 0 Å². The highest BCUT2D eigenvalue weighted by atomic mass is 32.1. The minimum atomic E-state index is -0.330. The average Bonchev–Trinajstić information content (AvgIpc) is 3.18. The number of aryl methyl sites for hydroxylation is 2. The molecule has 24 heavy (non-hydrogen) atoms. The van der Waals surface area contributed by atoms with Gasteiger partial charge < -0.3 is 15.2 Å². The van der Waals surface area contributed by atoms with Crippen molar-refractivity contribution in [3.8, 4) is 5.75 Å². The van der Waals surface area contributed by atoms with Crippen LogP contribution >= 0.6 is 11.3 Å². The van der Waals surface area contributed by atoms with E-state index in [2.05, 4.69) is 5.32 Å². The van der Waals surface area contributed by atoms with Crippen molar-refractivity contribution in [2.45, 2.75) is 63.7 Å². The van der Waals surface area contributed by atoms with E-state index in [1.165, 1.54) is 28.4 Å². The zero-order valence-corrected chi connectivity index (χ0v) is 14.6. The molecule has 1 aromatic heterocycles. The molecule has 1 aromatic carbocycles. The summed E-state index contributed by atoms with van der Waals surface area (Å²) < 4.78 is 5.94. The Hall–Kier alpha value is -1.59. The second-order valence-corrected chi connectivity index (χ2v) is 7.89. The number of benzene rings is 1. The predicted molar refractivity (Wildman–Crippen MR) is 96.8 cm³/mol. The molecule has 1 heterocycles.